The summed E-state index contributed by atoms with van der Waals surface area (Å²) in [7, 11) is 0. The number of anilines is 1. The van der Waals surface area contributed by atoms with E-state index in [9.17, 15) is 4.79 Å². The second-order valence-corrected chi connectivity index (χ2v) is 6.94. The van der Waals surface area contributed by atoms with Crippen molar-refractivity contribution >= 4 is 21.9 Å². The Morgan fingerprint density at radius 1 is 1.47 bits per heavy atom. The molecule has 3 N–H and O–H groups in total. The first-order valence-corrected chi connectivity index (χ1v) is 7.39. The largest absolute Gasteiger partial charge is 0.341 e. The number of nitrogens with one attached hydrogen (secondary N) is 1. The van der Waals surface area contributed by atoms with Gasteiger partial charge in [0.05, 0.1) is 5.69 Å². The van der Waals surface area contributed by atoms with E-state index >= 15 is 0 Å². The van der Waals surface area contributed by atoms with Crippen LogP contribution in [-0.2, 0) is 5.41 Å². The molecular weight excluding hydrogens is 308 g/mol. The van der Waals surface area contributed by atoms with Gasteiger partial charge in [-0.05, 0) is 28.8 Å². The average Bonchev–Trinajstić information content (AvgIpc) is 2.31. The molecule has 1 saturated heterocycles. The van der Waals surface area contributed by atoms with Gasteiger partial charge >= 0.3 is 0 Å². The normalized spacial score (nSPS) is 20.7. The molecule has 5 nitrogen and oxygen atoms in total. The summed E-state index contributed by atoms with van der Waals surface area (Å²) in [6.07, 6.45) is 2.06. The van der Waals surface area contributed by atoms with Crippen molar-refractivity contribution in [3.8, 4) is 0 Å². The van der Waals surface area contributed by atoms with Crippen LogP contribution in [0.2, 0.25) is 0 Å². The molecule has 1 aliphatic heterocycles. The zero-order chi connectivity index (χ0) is 14.2. The number of rotatable bonds is 1. The van der Waals surface area contributed by atoms with Crippen LogP contribution in [0.5, 0.6) is 0 Å². The van der Waals surface area contributed by atoms with Crippen molar-refractivity contribution in [2.45, 2.75) is 45.1 Å². The Labute approximate surface area is 121 Å². The molecule has 1 aromatic rings. The molecule has 0 spiro atoms. The van der Waals surface area contributed by atoms with Crippen LogP contribution in [0.3, 0.4) is 0 Å². The van der Waals surface area contributed by atoms with Crippen LogP contribution >= 0.6 is 15.9 Å². The molecule has 0 bridgehead atoms. The third-order valence-corrected chi connectivity index (χ3v) is 4.05. The summed E-state index contributed by atoms with van der Waals surface area (Å²) in [5.74, 6) is 0.633. The van der Waals surface area contributed by atoms with Crippen LogP contribution in [0.25, 0.3) is 0 Å². The fourth-order valence-corrected chi connectivity index (χ4v) is 3.08. The molecule has 1 unspecified atom stereocenters. The van der Waals surface area contributed by atoms with E-state index in [0.29, 0.717) is 10.4 Å². The van der Waals surface area contributed by atoms with Crippen LogP contribution in [-0.4, -0.2) is 29.1 Å². The highest BCUT2D eigenvalue weighted by Gasteiger charge is 2.25. The molecule has 0 amide bonds. The van der Waals surface area contributed by atoms with E-state index in [4.69, 9.17) is 5.73 Å². The second-order valence-electron chi connectivity index (χ2n) is 6.15. The van der Waals surface area contributed by atoms with Crippen molar-refractivity contribution in [2.24, 2.45) is 5.73 Å². The Morgan fingerprint density at radius 2 is 2.16 bits per heavy atom. The zero-order valence-electron chi connectivity index (χ0n) is 11.7. The smallest absolute Gasteiger partial charge is 0.266 e. The van der Waals surface area contributed by atoms with Crippen molar-refractivity contribution in [1.29, 1.82) is 0 Å². The van der Waals surface area contributed by atoms with Crippen molar-refractivity contribution < 1.29 is 0 Å². The fourth-order valence-electron chi connectivity index (χ4n) is 2.30. The van der Waals surface area contributed by atoms with E-state index in [2.05, 4.69) is 30.8 Å². The highest BCUT2D eigenvalue weighted by Crippen LogP contribution is 2.27. The molecule has 0 aromatic carbocycles. The van der Waals surface area contributed by atoms with Gasteiger partial charge in [-0.1, -0.05) is 20.8 Å². The van der Waals surface area contributed by atoms with Gasteiger partial charge in [0.15, 0.2) is 0 Å². The SMILES string of the molecule is CC(C)(C)c1nc(N2CCCC(N)C2)[nH]c(=O)c1Br. The Morgan fingerprint density at radius 3 is 2.74 bits per heavy atom. The molecule has 1 aliphatic rings. The van der Waals surface area contributed by atoms with E-state index in [1.165, 1.54) is 0 Å². The van der Waals surface area contributed by atoms with Gasteiger partial charge in [-0.25, -0.2) is 4.98 Å². The zero-order valence-corrected chi connectivity index (χ0v) is 13.2. The first-order valence-electron chi connectivity index (χ1n) is 6.60. The number of hydrogen-bond donors (Lipinski definition) is 2. The molecule has 2 heterocycles. The molecular formula is C13H21BrN4O. The van der Waals surface area contributed by atoms with E-state index < -0.39 is 0 Å². The van der Waals surface area contributed by atoms with E-state index in [-0.39, 0.29) is 17.0 Å². The number of aromatic nitrogens is 2. The number of H-pyrrole nitrogens is 1. The maximum atomic E-state index is 12.0. The standard InChI is InChI=1S/C13H21BrN4O/c1-13(2,3)10-9(14)11(19)17-12(16-10)18-6-4-5-8(15)7-18/h8H,4-7,15H2,1-3H3,(H,16,17,19). The summed E-state index contributed by atoms with van der Waals surface area (Å²) >= 11 is 3.34. The number of hydrogen-bond acceptors (Lipinski definition) is 4. The van der Waals surface area contributed by atoms with Crippen LogP contribution < -0.4 is 16.2 Å². The number of halogens is 1. The highest BCUT2D eigenvalue weighted by molar-refractivity contribution is 9.10. The van der Waals surface area contributed by atoms with Gasteiger partial charge in [0.25, 0.3) is 5.56 Å². The Kier molecular flexibility index (Phi) is 4.01. The topological polar surface area (TPSA) is 75.0 Å². The molecule has 1 aromatic heterocycles. The first-order chi connectivity index (χ1) is 8.79. The van der Waals surface area contributed by atoms with Crippen LogP contribution in [0.1, 0.15) is 39.3 Å². The van der Waals surface area contributed by atoms with Crippen molar-refractivity contribution in [2.75, 3.05) is 18.0 Å². The molecule has 2 rings (SSSR count). The lowest BCUT2D eigenvalue weighted by Crippen LogP contribution is -2.44. The van der Waals surface area contributed by atoms with Gasteiger partial charge in [0.1, 0.15) is 4.47 Å². The van der Waals surface area contributed by atoms with Gasteiger partial charge in [0.2, 0.25) is 5.95 Å². The number of nitrogens with two attached hydrogens (primary N) is 1. The average molecular weight is 329 g/mol. The molecule has 6 heteroatoms. The molecule has 19 heavy (non-hydrogen) atoms. The van der Waals surface area contributed by atoms with Crippen molar-refractivity contribution in [3.63, 3.8) is 0 Å². The summed E-state index contributed by atoms with van der Waals surface area (Å²) in [6.45, 7) is 7.78. The number of nitrogens with zero attached hydrogens (tertiary/aromatic N) is 2. The third-order valence-electron chi connectivity index (χ3n) is 3.32. The van der Waals surface area contributed by atoms with Gasteiger partial charge in [-0.15, -0.1) is 0 Å². The molecule has 1 fully saturated rings. The minimum absolute atomic E-state index is 0.130. The monoisotopic (exact) mass is 328 g/mol. The van der Waals surface area contributed by atoms with E-state index in [1.54, 1.807) is 0 Å². The molecule has 0 aliphatic carbocycles. The Balaban J connectivity index is 2.42. The molecule has 0 saturated carbocycles. The van der Waals surface area contributed by atoms with Crippen LogP contribution in [0.15, 0.2) is 9.27 Å². The maximum Gasteiger partial charge on any atom is 0.266 e. The van der Waals surface area contributed by atoms with Gasteiger partial charge in [-0.3, -0.25) is 9.78 Å². The minimum Gasteiger partial charge on any atom is -0.341 e. The Hall–Kier alpha value is -0.880. The predicted octanol–water partition coefficient (Wildman–Crippen LogP) is 1.76. The quantitative estimate of drug-likeness (QED) is 0.823. The molecule has 0 radical (unpaired) electrons. The third kappa shape index (κ3) is 3.17. The van der Waals surface area contributed by atoms with Gasteiger partial charge in [-0.2, -0.15) is 0 Å². The van der Waals surface area contributed by atoms with E-state index in [1.807, 2.05) is 20.8 Å². The Bertz CT molecular complexity index is 520. The van der Waals surface area contributed by atoms with Crippen LogP contribution in [0, 0.1) is 0 Å². The lowest BCUT2D eigenvalue weighted by atomic mass is 9.92. The van der Waals surface area contributed by atoms with Gasteiger partial charge < -0.3 is 10.6 Å². The highest BCUT2D eigenvalue weighted by atomic mass is 79.9. The van der Waals surface area contributed by atoms with E-state index in [0.717, 1.165) is 31.6 Å². The summed E-state index contributed by atoms with van der Waals surface area (Å²) < 4.78 is 0.519. The first kappa shape index (κ1) is 14.5. The van der Waals surface area contributed by atoms with Crippen molar-refractivity contribution in [1.82, 2.24) is 9.97 Å². The predicted molar refractivity (Wildman–Crippen MR) is 80.7 cm³/mol. The summed E-state index contributed by atoms with van der Waals surface area (Å²) in [5.41, 5.74) is 6.46. The number of aromatic amines is 1. The molecule has 1 atom stereocenters. The lowest BCUT2D eigenvalue weighted by molar-refractivity contribution is 0.495. The minimum atomic E-state index is -0.181. The van der Waals surface area contributed by atoms with Crippen molar-refractivity contribution in [3.05, 3.63) is 20.5 Å². The van der Waals surface area contributed by atoms with Crippen LogP contribution in [0.4, 0.5) is 5.95 Å². The summed E-state index contributed by atoms with van der Waals surface area (Å²) in [6, 6.07) is 0.154. The molecule has 106 valence electrons. The summed E-state index contributed by atoms with van der Waals surface area (Å²) in [4.78, 5) is 21.6. The fraction of sp³-hybridized carbons (Fsp3) is 0.692. The number of piperidine rings is 1. The van der Waals surface area contributed by atoms with Gasteiger partial charge in [0, 0.05) is 24.5 Å². The summed E-state index contributed by atoms with van der Waals surface area (Å²) in [5, 5.41) is 0. The maximum absolute atomic E-state index is 12.0. The second kappa shape index (κ2) is 5.25. The lowest BCUT2D eigenvalue weighted by Gasteiger charge is -2.32.